The van der Waals surface area contributed by atoms with E-state index in [1.54, 1.807) is 0 Å². The smallest absolute Gasteiger partial charge is 0.303 e. The molecule has 2 N–H and O–H groups in total. The van der Waals surface area contributed by atoms with Gasteiger partial charge in [0.15, 0.2) is 0 Å². The van der Waals surface area contributed by atoms with E-state index in [0.29, 0.717) is 17.8 Å². The van der Waals surface area contributed by atoms with Gasteiger partial charge in [0.25, 0.3) is 0 Å². The summed E-state index contributed by atoms with van der Waals surface area (Å²) in [7, 11) is -4.30. The van der Waals surface area contributed by atoms with Crippen molar-refractivity contribution in [3.63, 3.8) is 0 Å². The number of hydrogen-bond acceptors (Lipinski definition) is 2. The molecule has 0 aromatic heterocycles. The SMILES string of the molecule is CCC(C)C(CCOP(=O)(O)O)C(C)CC. The summed E-state index contributed by atoms with van der Waals surface area (Å²) in [4.78, 5) is 17.2. The van der Waals surface area contributed by atoms with E-state index in [2.05, 4.69) is 32.2 Å². The molecule has 0 saturated heterocycles. The van der Waals surface area contributed by atoms with E-state index in [-0.39, 0.29) is 6.61 Å². The van der Waals surface area contributed by atoms with Gasteiger partial charge in [-0.3, -0.25) is 4.52 Å². The standard InChI is InChI=1S/C11H25O4P/c1-5-9(3)11(10(4)6-2)7-8-15-16(12,13)14/h9-11H,5-8H2,1-4H3,(H2,12,13,14). The van der Waals surface area contributed by atoms with Crippen LogP contribution in [0.4, 0.5) is 0 Å². The topological polar surface area (TPSA) is 66.8 Å². The van der Waals surface area contributed by atoms with Crippen LogP contribution in [0.3, 0.4) is 0 Å². The van der Waals surface area contributed by atoms with Gasteiger partial charge in [0, 0.05) is 0 Å². The highest BCUT2D eigenvalue weighted by Crippen LogP contribution is 2.37. The molecular weight excluding hydrogens is 227 g/mol. The van der Waals surface area contributed by atoms with Gasteiger partial charge in [0.2, 0.25) is 0 Å². The predicted molar refractivity (Wildman–Crippen MR) is 65.0 cm³/mol. The Labute approximate surface area is 98.6 Å². The molecule has 98 valence electrons. The van der Waals surface area contributed by atoms with E-state index in [1.165, 1.54) is 0 Å². The number of rotatable bonds is 8. The van der Waals surface area contributed by atoms with Crippen molar-refractivity contribution >= 4 is 7.82 Å². The maximum Gasteiger partial charge on any atom is 0.469 e. The van der Waals surface area contributed by atoms with Gasteiger partial charge >= 0.3 is 7.82 Å². The molecule has 0 aromatic rings. The highest BCUT2D eigenvalue weighted by Gasteiger charge is 2.23. The molecule has 0 radical (unpaired) electrons. The molecule has 4 nitrogen and oxygen atoms in total. The summed E-state index contributed by atoms with van der Waals surface area (Å²) in [6.07, 6.45) is 2.89. The molecule has 16 heavy (non-hydrogen) atoms. The molecule has 5 heteroatoms. The summed E-state index contributed by atoms with van der Waals surface area (Å²) in [5.41, 5.74) is 0. The Hall–Kier alpha value is 0.110. The second kappa shape index (κ2) is 7.44. The number of hydrogen-bond donors (Lipinski definition) is 2. The van der Waals surface area contributed by atoms with Gasteiger partial charge in [-0.2, -0.15) is 0 Å². The average Bonchev–Trinajstić information content (AvgIpc) is 2.21. The molecule has 0 heterocycles. The fourth-order valence-electron chi connectivity index (χ4n) is 2.04. The van der Waals surface area contributed by atoms with Crippen LogP contribution in [-0.2, 0) is 9.09 Å². The molecule has 0 saturated carbocycles. The lowest BCUT2D eigenvalue weighted by molar-refractivity contribution is 0.150. The summed E-state index contributed by atoms with van der Waals surface area (Å²) in [5, 5.41) is 0. The van der Waals surface area contributed by atoms with Crippen LogP contribution in [0.15, 0.2) is 0 Å². The molecule has 0 aliphatic heterocycles. The first kappa shape index (κ1) is 16.1. The lowest BCUT2D eigenvalue weighted by Crippen LogP contribution is -2.20. The molecule has 2 unspecified atom stereocenters. The van der Waals surface area contributed by atoms with E-state index >= 15 is 0 Å². The quantitative estimate of drug-likeness (QED) is 0.651. The molecule has 0 spiro atoms. The van der Waals surface area contributed by atoms with Crippen LogP contribution in [-0.4, -0.2) is 16.4 Å². The molecule has 0 aliphatic rings. The van der Waals surface area contributed by atoms with Crippen LogP contribution in [0.2, 0.25) is 0 Å². The van der Waals surface area contributed by atoms with E-state index in [1.807, 2.05) is 0 Å². The third-order valence-corrected chi connectivity index (χ3v) is 3.98. The molecule has 0 aromatic carbocycles. The zero-order chi connectivity index (χ0) is 12.8. The van der Waals surface area contributed by atoms with Gasteiger partial charge in [0.1, 0.15) is 0 Å². The summed E-state index contributed by atoms with van der Waals surface area (Å²) < 4.78 is 15.1. The molecule has 0 fully saturated rings. The Bertz CT molecular complexity index is 216. The third-order valence-electron chi connectivity index (χ3n) is 3.46. The molecule has 2 atom stereocenters. The average molecular weight is 252 g/mol. The minimum atomic E-state index is -4.30. The first-order chi connectivity index (χ1) is 7.31. The minimum Gasteiger partial charge on any atom is -0.303 e. The van der Waals surface area contributed by atoms with Gasteiger partial charge in [-0.1, -0.05) is 40.5 Å². The maximum absolute atomic E-state index is 10.6. The van der Waals surface area contributed by atoms with Crippen molar-refractivity contribution in [3.05, 3.63) is 0 Å². The van der Waals surface area contributed by atoms with Crippen molar-refractivity contribution in [2.24, 2.45) is 17.8 Å². The Morgan fingerprint density at radius 2 is 1.56 bits per heavy atom. The fourth-order valence-corrected chi connectivity index (χ4v) is 2.39. The van der Waals surface area contributed by atoms with Crippen LogP contribution >= 0.6 is 7.82 Å². The lowest BCUT2D eigenvalue weighted by atomic mass is 9.79. The van der Waals surface area contributed by atoms with E-state index < -0.39 is 7.82 Å². The van der Waals surface area contributed by atoms with Crippen molar-refractivity contribution in [3.8, 4) is 0 Å². The highest BCUT2D eigenvalue weighted by molar-refractivity contribution is 7.46. The molecule has 0 amide bonds. The zero-order valence-electron chi connectivity index (χ0n) is 10.7. The van der Waals surface area contributed by atoms with Gasteiger partial charge in [-0.05, 0) is 24.2 Å². The zero-order valence-corrected chi connectivity index (χ0v) is 11.6. The van der Waals surface area contributed by atoms with Gasteiger partial charge < -0.3 is 9.79 Å². The van der Waals surface area contributed by atoms with Gasteiger partial charge in [0.05, 0.1) is 6.61 Å². The van der Waals surface area contributed by atoms with Crippen LogP contribution in [0, 0.1) is 17.8 Å². The monoisotopic (exact) mass is 252 g/mol. The molecule has 0 aliphatic carbocycles. The normalized spacial score (nSPS) is 18.1. The van der Waals surface area contributed by atoms with Crippen LogP contribution in [0.5, 0.6) is 0 Å². The summed E-state index contributed by atoms with van der Waals surface area (Å²) in [6, 6.07) is 0. The van der Waals surface area contributed by atoms with E-state index in [4.69, 9.17) is 9.79 Å². The Kier molecular flexibility index (Phi) is 7.49. The fraction of sp³-hybridized carbons (Fsp3) is 1.00. The molecular formula is C11H25O4P. The van der Waals surface area contributed by atoms with Crippen LogP contribution in [0.1, 0.15) is 47.0 Å². The van der Waals surface area contributed by atoms with E-state index in [0.717, 1.165) is 19.3 Å². The van der Waals surface area contributed by atoms with Gasteiger partial charge in [-0.25, -0.2) is 4.57 Å². The van der Waals surface area contributed by atoms with E-state index in [9.17, 15) is 4.57 Å². The number of phosphoric acid groups is 1. The molecule has 0 bridgehead atoms. The van der Waals surface area contributed by atoms with Crippen molar-refractivity contribution < 1.29 is 18.9 Å². The second-order valence-corrected chi connectivity index (χ2v) is 5.79. The maximum atomic E-state index is 10.6. The summed E-state index contributed by atoms with van der Waals surface area (Å²) in [5.74, 6) is 1.60. The lowest BCUT2D eigenvalue weighted by Gasteiger charge is -2.28. The molecule has 0 rings (SSSR count). The highest BCUT2D eigenvalue weighted by atomic mass is 31.2. The van der Waals surface area contributed by atoms with Gasteiger partial charge in [-0.15, -0.1) is 0 Å². The van der Waals surface area contributed by atoms with Crippen molar-refractivity contribution in [1.29, 1.82) is 0 Å². The summed E-state index contributed by atoms with van der Waals surface area (Å²) >= 11 is 0. The largest absolute Gasteiger partial charge is 0.469 e. The minimum absolute atomic E-state index is 0.142. The number of phosphoric ester groups is 1. The second-order valence-electron chi connectivity index (χ2n) is 4.55. The van der Waals surface area contributed by atoms with Crippen LogP contribution in [0.25, 0.3) is 0 Å². The predicted octanol–water partition coefficient (Wildman–Crippen LogP) is 3.19. The third kappa shape index (κ3) is 6.64. The Morgan fingerprint density at radius 1 is 1.12 bits per heavy atom. The first-order valence-electron chi connectivity index (χ1n) is 6.01. The van der Waals surface area contributed by atoms with Crippen LogP contribution < -0.4 is 0 Å². The van der Waals surface area contributed by atoms with Crippen molar-refractivity contribution in [1.82, 2.24) is 0 Å². The first-order valence-corrected chi connectivity index (χ1v) is 7.54. The Balaban J connectivity index is 4.17. The summed E-state index contributed by atoms with van der Waals surface area (Å²) in [6.45, 7) is 8.81. The van der Waals surface area contributed by atoms with Crippen molar-refractivity contribution in [2.45, 2.75) is 47.0 Å². The Morgan fingerprint density at radius 3 is 1.88 bits per heavy atom. The van der Waals surface area contributed by atoms with Crippen molar-refractivity contribution in [2.75, 3.05) is 6.61 Å².